The molecule has 2 rings (SSSR count). The third kappa shape index (κ3) is 6.20. The molecule has 0 aliphatic heterocycles. The van der Waals surface area contributed by atoms with Crippen LogP contribution in [0.1, 0.15) is 49.2 Å². The second-order valence-corrected chi connectivity index (χ2v) is 6.54. The number of hydrogen-bond donors (Lipinski definition) is 1. The monoisotopic (exact) mass is 382 g/mol. The van der Waals surface area contributed by atoms with E-state index in [1.807, 2.05) is 25.1 Å². The molecule has 2 aromatic carbocycles. The summed E-state index contributed by atoms with van der Waals surface area (Å²) in [4.78, 5) is 26.2. The zero-order valence-electron chi connectivity index (χ0n) is 17.0. The number of carbonyl (C=O) groups is 2. The Labute approximate surface area is 167 Å². The van der Waals surface area contributed by atoms with Crippen molar-refractivity contribution in [2.24, 2.45) is 0 Å². The number of carbonyl (C=O) groups excluding carboxylic acids is 2. The van der Waals surface area contributed by atoms with E-state index in [-0.39, 0.29) is 24.3 Å². The molecule has 1 atom stereocenters. The van der Waals surface area contributed by atoms with Crippen molar-refractivity contribution in [1.82, 2.24) is 10.2 Å². The van der Waals surface area contributed by atoms with Crippen molar-refractivity contribution in [3.8, 4) is 5.75 Å². The normalized spacial score (nSPS) is 11.9. The number of ether oxygens (including phenoxy) is 1. The second kappa shape index (κ2) is 11.2. The molecule has 0 saturated carbocycles. The predicted molar refractivity (Wildman–Crippen MR) is 112 cm³/mol. The first-order valence-corrected chi connectivity index (χ1v) is 9.90. The van der Waals surface area contributed by atoms with Gasteiger partial charge in [0.2, 0.25) is 0 Å². The summed E-state index contributed by atoms with van der Waals surface area (Å²) in [5.74, 6) is 0.501. The predicted octanol–water partition coefficient (Wildman–Crippen LogP) is 3.86. The molecule has 0 bridgehead atoms. The number of Topliss-reactive ketones (excluding diaryl/α,β-unsaturated/α-hetero) is 1. The van der Waals surface area contributed by atoms with Crippen LogP contribution in [0.4, 0.5) is 0 Å². The number of nitrogens with zero attached hydrogens (tertiary/aromatic N) is 1. The third-order valence-corrected chi connectivity index (χ3v) is 4.80. The van der Waals surface area contributed by atoms with Crippen molar-refractivity contribution in [1.29, 1.82) is 0 Å². The Morgan fingerprint density at radius 2 is 1.61 bits per heavy atom. The van der Waals surface area contributed by atoms with Gasteiger partial charge in [-0.3, -0.25) is 14.5 Å². The van der Waals surface area contributed by atoms with Crippen LogP contribution in [0.3, 0.4) is 0 Å². The molecule has 0 radical (unpaired) electrons. The Morgan fingerprint density at radius 3 is 2.18 bits per heavy atom. The maximum absolute atomic E-state index is 12.3. The minimum Gasteiger partial charge on any atom is -0.484 e. The number of nitrogens with one attached hydrogen (secondary N) is 1. The molecular weight excluding hydrogens is 352 g/mol. The lowest BCUT2D eigenvalue weighted by Gasteiger charge is -2.30. The van der Waals surface area contributed by atoms with Gasteiger partial charge in [0.25, 0.3) is 5.91 Å². The summed E-state index contributed by atoms with van der Waals surface area (Å²) in [6.45, 7) is 8.36. The van der Waals surface area contributed by atoms with Crippen molar-refractivity contribution in [2.45, 2.75) is 33.2 Å². The van der Waals surface area contributed by atoms with Crippen LogP contribution >= 0.6 is 0 Å². The van der Waals surface area contributed by atoms with Crippen molar-refractivity contribution in [3.63, 3.8) is 0 Å². The minimum absolute atomic E-state index is 0.0547. The topological polar surface area (TPSA) is 58.6 Å². The van der Waals surface area contributed by atoms with Crippen LogP contribution in [-0.2, 0) is 4.79 Å². The Bertz CT molecular complexity index is 740. The van der Waals surface area contributed by atoms with Gasteiger partial charge in [0, 0.05) is 18.5 Å². The van der Waals surface area contributed by atoms with Gasteiger partial charge in [-0.1, -0.05) is 51.1 Å². The van der Waals surface area contributed by atoms with E-state index in [1.54, 1.807) is 24.3 Å². The summed E-state index contributed by atoms with van der Waals surface area (Å²) in [7, 11) is 0. The summed E-state index contributed by atoms with van der Waals surface area (Å²) >= 11 is 0. The van der Waals surface area contributed by atoms with Gasteiger partial charge in [-0.2, -0.15) is 0 Å². The Morgan fingerprint density at radius 1 is 0.964 bits per heavy atom. The summed E-state index contributed by atoms with van der Waals surface area (Å²) in [5.41, 5.74) is 1.84. The number of rotatable bonds is 11. The SMILES string of the molecule is CCC(=O)c1ccc(OCC(=O)NC[C@H](c2ccccc2)N(CC)CC)cc1. The zero-order chi connectivity index (χ0) is 20.4. The summed E-state index contributed by atoms with van der Waals surface area (Å²) in [6, 6.07) is 17.2. The Kier molecular flexibility index (Phi) is 8.69. The average Bonchev–Trinajstić information content (AvgIpc) is 2.75. The molecule has 0 heterocycles. The van der Waals surface area contributed by atoms with E-state index in [9.17, 15) is 9.59 Å². The number of benzene rings is 2. The number of hydrogen-bond acceptors (Lipinski definition) is 4. The first-order chi connectivity index (χ1) is 13.6. The molecule has 5 heteroatoms. The van der Waals surface area contributed by atoms with Crippen LogP contribution in [-0.4, -0.2) is 42.8 Å². The number of amides is 1. The van der Waals surface area contributed by atoms with E-state index in [1.165, 1.54) is 5.56 Å². The second-order valence-electron chi connectivity index (χ2n) is 6.54. The van der Waals surface area contributed by atoms with Crippen LogP contribution in [0.5, 0.6) is 5.75 Å². The van der Waals surface area contributed by atoms with Gasteiger partial charge in [0.15, 0.2) is 12.4 Å². The lowest BCUT2D eigenvalue weighted by molar-refractivity contribution is -0.123. The van der Waals surface area contributed by atoms with Crippen molar-refractivity contribution < 1.29 is 14.3 Å². The van der Waals surface area contributed by atoms with Gasteiger partial charge in [0.1, 0.15) is 5.75 Å². The lowest BCUT2D eigenvalue weighted by atomic mass is 10.1. The molecule has 1 amide bonds. The highest BCUT2D eigenvalue weighted by atomic mass is 16.5. The Hall–Kier alpha value is -2.66. The molecule has 2 aromatic rings. The summed E-state index contributed by atoms with van der Waals surface area (Å²) in [6.07, 6.45) is 0.470. The quantitative estimate of drug-likeness (QED) is 0.600. The van der Waals surface area contributed by atoms with E-state index in [0.29, 0.717) is 24.3 Å². The van der Waals surface area contributed by atoms with Gasteiger partial charge >= 0.3 is 0 Å². The van der Waals surface area contributed by atoms with E-state index in [0.717, 1.165) is 13.1 Å². The van der Waals surface area contributed by atoms with Gasteiger partial charge in [0.05, 0.1) is 6.04 Å². The molecule has 1 N–H and O–H groups in total. The molecule has 150 valence electrons. The average molecular weight is 383 g/mol. The van der Waals surface area contributed by atoms with E-state index >= 15 is 0 Å². The highest BCUT2D eigenvalue weighted by molar-refractivity contribution is 5.95. The fourth-order valence-corrected chi connectivity index (χ4v) is 3.15. The molecule has 28 heavy (non-hydrogen) atoms. The van der Waals surface area contributed by atoms with Gasteiger partial charge < -0.3 is 10.1 Å². The van der Waals surface area contributed by atoms with Gasteiger partial charge in [-0.05, 0) is 42.9 Å². The Balaban J connectivity index is 1.89. The highest BCUT2D eigenvalue weighted by Crippen LogP contribution is 2.19. The molecule has 5 nitrogen and oxygen atoms in total. The third-order valence-electron chi connectivity index (χ3n) is 4.80. The number of ketones is 1. The standard InChI is InChI=1S/C23H30N2O3/c1-4-22(26)19-12-14-20(15-13-19)28-17-23(27)24-16-21(25(5-2)6-3)18-10-8-7-9-11-18/h7-15,21H,4-6,16-17H2,1-3H3,(H,24,27)/t21-/m1/s1. The molecule has 0 aromatic heterocycles. The van der Waals surface area contributed by atoms with Gasteiger partial charge in [-0.25, -0.2) is 0 Å². The minimum atomic E-state index is -0.165. The van der Waals surface area contributed by atoms with Crippen LogP contribution in [0, 0.1) is 0 Å². The first-order valence-electron chi connectivity index (χ1n) is 9.90. The maximum Gasteiger partial charge on any atom is 0.258 e. The summed E-state index contributed by atoms with van der Waals surface area (Å²) < 4.78 is 5.55. The highest BCUT2D eigenvalue weighted by Gasteiger charge is 2.18. The van der Waals surface area contributed by atoms with Crippen molar-refractivity contribution in [3.05, 3.63) is 65.7 Å². The van der Waals surface area contributed by atoms with E-state index < -0.39 is 0 Å². The van der Waals surface area contributed by atoms with Crippen LogP contribution in [0.2, 0.25) is 0 Å². The molecule has 0 aliphatic rings. The molecule has 0 unspecified atom stereocenters. The largest absolute Gasteiger partial charge is 0.484 e. The number of likely N-dealkylation sites (N-methyl/N-ethyl adjacent to an activating group) is 1. The van der Waals surface area contributed by atoms with Crippen LogP contribution in [0.15, 0.2) is 54.6 Å². The molecule has 0 aliphatic carbocycles. The smallest absolute Gasteiger partial charge is 0.258 e. The van der Waals surface area contributed by atoms with E-state index in [4.69, 9.17) is 4.74 Å². The molecule has 0 spiro atoms. The first kappa shape index (κ1) is 21.6. The van der Waals surface area contributed by atoms with Crippen LogP contribution < -0.4 is 10.1 Å². The van der Waals surface area contributed by atoms with Crippen molar-refractivity contribution in [2.75, 3.05) is 26.2 Å². The molecule has 0 saturated heterocycles. The fourth-order valence-electron chi connectivity index (χ4n) is 3.15. The molecular formula is C23H30N2O3. The lowest BCUT2D eigenvalue weighted by Crippen LogP contribution is -2.39. The zero-order valence-corrected chi connectivity index (χ0v) is 17.0. The van der Waals surface area contributed by atoms with E-state index in [2.05, 4.69) is 36.2 Å². The molecule has 0 fully saturated rings. The summed E-state index contributed by atoms with van der Waals surface area (Å²) in [5, 5.41) is 2.98. The van der Waals surface area contributed by atoms with Crippen molar-refractivity contribution >= 4 is 11.7 Å². The fraction of sp³-hybridized carbons (Fsp3) is 0.391. The maximum atomic E-state index is 12.3. The van der Waals surface area contributed by atoms with Crippen LogP contribution in [0.25, 0.3) is 0 Å². The van der Waals surface area contributed by atoms with Gasteiger partial charge in [-0.15, -0.1) is 0 Å².